The van der Waals surface area contributed by atoms with E-state index in [4.69, 9.17) is 10.7 Å². The maximum Gasteiger partial charge on any atom is 0.264 e. The van der Waals surface area contributed by atoms with Gasteiger partial charge in [0.25, 0.3) is 6.43 Å². The number of hydrogen-bond donors (Lipinski definition) is 4. The SMILES string of the molecule is C=CC(=C\[C@H](F)C(C)C(=O)Nc1cc(C(F)F)ccn1)/C(/N=C/[C@@H]1CC[C@@H]2CCC(=O)N2C1)=C1/NC=CN[C@H]1N. The molecule has 5 atom stereocenters. The summed E-state index contributed by atoms with van der Waals surface area (Å²) in [5, 5.41) is 8.43. The molecular formula is C28H34F3N7O2. The van der Waals surface area contributed by atoms with Gasteiger partial charge in [-0.1, -0.05) is 19.6 Å². The fourth-order valence-electron chi connectivity index (χ4n) is 4.96. The van der Waals surface area contributed by atoms with E-state index in [1.165, 1.54) is 19.1 Å². The van der Waals surface area contributed by atoms with Crippen LogP contribution in [0.3, 0.4) is 0 Å². The lowest BCUT2D eigenvalue weighted by Crippen LogP contribution is -2.44. The van der Waals surface area contributed by atoms with Gasteiger partial charge in [0.1, 0.15) is 18.2 Å². The smallest absolute Gasteiger partial charge is 0.264 e. The number of alkyl halides is 3. The molecule has 12 heteroatoms. The van der Waals surface area contributed by atoms with E-state index in [1.54, 1.807) is 18.6 Å². The summed E-state index contributed by atoms with van der Waals surface area (Å²) >= 11 is 0. The third-order valence-corrected chi connectivity index (χ3v) is 7.34. The first-order chi connectivity index (χ1) is 19.2. The van der Waals surface area contributed by atoms with Gasteiger partial charge < -0.3 is 26.6 Å². The molecule has 3 aliphatic rings. The molecule has 214 valence electrons. The molecule has 5 N–H and O–H groups in total. The molecule has 2 amide bonds. The predicted molar refractivity (Wildman–Crippen MR) is 147 cm³/mol. The zero-order chi connectivity index (χ0) is 28.8. The minimum absolute atomic E-state index is 0.0191. The van der Waals surface area contributed by atoms with Crippen molar-refractivity contribution in [2.45, 2.75) is 57.4 Å². The molecule has 0 aromatic carbocycles. The van der Waals surface area contributed by atoms with E-state index in [0.717, 1.165) is 37.6 Å². The lowest BCUT2D eigenvalue weighted by atomic mass is 9.94. The molecule has 1 aromatic heterocycles. The van der Waals surface area contributed by atoms with Crippen LogP contribution >= 0.6 is 0 Å². The summed E-state index contributed by atoms with van der Waals surface area (Å²) in [5.74, 6) is -1.84. The number of halogens is 3. The Labute approximate surface area is 231 Å². The summed E-state index contributed by atoms with van der Waals surface area (Å²) in [5.41, 5.74) is 7.06. The molecule has 3 aliphatic heterocycles. The molecule has 1 aromatic rings. The van der Waals surface area contributed by atoms with Crippen molar-refractivity contribution in [3.63, 3.8) is 0 Å². The number of allylic oxidation sites excluding steroid dienone is 2. The number of piperidine rings is 1. The number of aliphatic imine (C=N–C) groups is 1. The van der Waals surface area contributed by atoms with Crippen molar-refractivity contribution in [2.24, 2.45) is 22.6 Å². The number of rotatable bonds is 9. The number of hydrogen-bond acceptors (Lipinski definition) is 7. The molecule has 9 nitrogen and oxygen atoms in total. The molecule has 0 bridgehead atoms. The van der Waals surface area contributed by atoms with Crippen molar-refractivity contribution in [3.05, 3.63) is 72.0 Å². The van der Waals surface area contributed by atoms with Gasteiger partial charge in [0.05, 0.1) is 17.3 Å². The Kier molecular flexibility index (Phi) is 9.41. The average molecular weight is 558 g/mol. The summed E-state index contributed by atoms with van der Waals surface area (Å²) < 4.78 is 41.5. The molecule has 4 rings (SSSR count). The number of carbonyl (C=O) groups is 2. The topological polar surface area (TPSA) is 125 Å². The van der Waals surface area contributed by atoms with Gasteiger partial charge in [-0.15, -0.1) is 0 Å². The maximum absolute atomic E-state index is 15.5. The van der Waals surface area contributed by atoms with Crippen LogP contribution in [0.1, 0.15) is 44.6 Å². The highest BCUT2D eigenvalue weighted by Crippen LogP contribution is 2.31. The highest BCUT2D eigenvalue weighted by Gasteiger charge is 2.35. The van der Waals surface area contributed by atoms with E-state index >= 15 is 4.39 Å². The molecule has 2 fully saturated rings. The molecule has 1 unspecified atom stereocenters. The number of amides is 2. The second-order valence-corrected chi connectivity index (χ2v) is 10.1. The standard InChI is InChI=1S/C28H34F3N7O2/c1-3-18(12-21(29)16(2)28(40)37-22-13-19(26(30)31)8-9-33-22)24(25-27(32)35-11-10-34-25)36-14-17-4-5-20-6-7-23(39)38(20)15-17/h3,8-14,16-17,20-21,26-27,34-35H,1,4-7,15,32H2,2H3,(H,33,37,40)/b18-12+,25-24-,36-14+/t16?,17-,20+,21-,27+/m0/s1. The molecule has 0 saturated carbocycles. The number of aromatic nitrogens is 1. The van der Waals surface area contributed by atoms with Gasteiger partial charge in [0.2, 0.25) is 11.8 Å². The average Bonchev–Trinajstić information content (AvgIpc) is 3.32. The first-order valence-electron chi connectivity index (χ1n) is 13.2. The van der Waals surface area contributed by atoms with Crippen LogP contribution in [0.2, 0.25) is 0 Å². The van der Waals surface area contributed by atoms with Crippen LogP contribution in [0.15, 0.2) is 71.4 Å². The van der Waals surface area contributed by atoms with Crippen LogP contribution in [0.4, 0.5) is 19.0 Å². The molecular weight excluding hydrogens is 523 g/mol. The number of pyridine rings is 1. The summed E-state index contributed by atoms with van der Waals surface area (Å²) in [7, 11) is 0. The Hall–Kier alpha value is -3.93. The van der Waals surface area contributed by atoms with Crippen LogP contribution in [0.25, 0.3) is 0 Å². The number of fused-ring (bicyclic) bond motifs is 1. The number of nitrogens with two attached hydrogens (primary N) is 1. The normalized spacial score (nSPS) is 25.8. The highest BCUT2D eigenvalue weighted by atomic mass is 19.3. The Balaban J connectivity index is 1.55. The van der Waals surface area contributed by atoms with Crippen LogP contribution in [0, 0.1) is 11.8 Å². The lowest BCUT2D eigenvalue weighted by molar-refractivity contribution is -0.130. The zero-order valence-corrected chi connectivity index (χ0v) is 22.2. The molecule has 0 spiro atoms. The Morgan fingerprint density at radius 2 is 2.10 bits per heavy atom. The first-order valence-corrected chi connectivity index (χ1v) is 13.2. The number of nitrogens with one attached hydrogen (secondary N) is 3. The maximum atomic E-state index is 15.5. The second-order valence-electron chi connectivity index (χ2n) is 10.1. The quantitative estimate of drug-likeness (QED) is 0.271. The van der Waals surface area contributed by atoms with Crippen LogP contribution < -0.4 is 21.7 Å². The third-order valence-electron chi connectivity index (χ3n) is 7.34. The van der Waals surface area contributed by atoms with Gasteiger partial charge in [0, 0.05) is 60.9 Å². The van der Waals surface area contributed by atoms with E-state index in [-0.39, 0.29) is 29.2 Å². The number of nitrogens with zero attached hydrogens (tertiary/aromatic N) is 3. The van der Waals surface area contributed by atoms with Gasteiger partial charge in [-0.3, -0.25) is 14.6 Å². The van der Waals surface area contributed by atoms with E-state index in [9.17, 15) is 18.4 Å². The molecule has 4 heterocycles. The summed E-state index contributed by atoms with van der Waals surface area (Å²) in [6.45, 7) is 5.77. The second kappa shape index (κ2) is 12.9. The van der Waals surface area contributed by atoms with Crippen LogP contribution in [-0.2, 0) is 9.59 Å². The minimum atomic E-state index is -2.73. The van der Waals surface area contributed by atoms with E-state index < -0.39 is 30.6 Å². The predicted octanol–water partition coefficient (Wildman–Crippen LogP) is 3.68. The molecule has 0 radical (unpaired) electrons. The van der Waals surface area contributed by atoms with Crippen molar-refractivity contribution < 1.29 is 22.8 Å². The largest absolute Gasteiger partial charge is 0.370 e. The Morgan fingerprint density at radius 3 is 2.83 bits per heavy atom. The minimum Gasteiger partial charge on any atom is -0.370 e. The van der Waals surface area contributed by atoms with Crippen molar-refractivity contribution in [1.29, 1.82) is 0 Å². The van der Waals surface area contributed by atoms with Crippen LogP contribution in [-0.4, -0.2) is 52.8 Å². The lowest BCUT2D eigenvalue weighted by Gasteiger charge is -2.33. The summed E-state index contributed by atoms with van der Waals surface area (Å²) in [4.78, 5) is 35.4. The van der Waals surface area contributed by atoms with E-state index in [2.05, 4.69) is 27.5 Å². The molecule has 40 heavy (non-hydrogen) atoms. The van der Waals surface area contributed by atoms with Crippen LogP contribution in [0.5, 0.6) is 0 Å². The van der Waals surface area contributed by atoms with Gasteiger partial charge in [-0.05, 0) is 37.5 Å². The monoisotopic (exact) mass is 557 g/mol. The van der Waals surface area contributed by atoms with Gasteiger partial charge in [0.15, 0.2) is 0 Å². The zero-order valence-electron chi connectivity index (χ0n) is 22.2. The Morgan fingerprint density at radius 1 is 1.30 bits per heavy atom. The first kappa shape index (κ1) is 29.1. The van der Waals surface area contributed by atoms with E-state index in [0.29, 0.717) is 29.9 Å². The molecule has 2 saturated heterocycles. The fraction of sp³-hybridized carbons (Fsp3) is 0.429. The van der Waals surface area contributed by atoms with Gasteiger partial charge in [-0.2, -0.15) is 0 Å². The van der Waals surface area contributed by atoms with E-state index in [1.807, 2.05) is 4.90 Å². The van der Waals surface area contributed by atoms with Crippen molar-refractivity contribution >= 4 is 23.8 Å². The molecule has 0 aliphatic carbocycles. The highest BCUT2D eigenvalue weighted by molar-refractivity contribution is 5.92. The number of anilines is 1. The fourth-order valence-corrected chi connectivity index (χ4v) is 4.96. The van der Waals surface area contributed by atoms with Crippen molar-refractivity contribution in [3.8, 4) is 0 Å². The summed E-state index contributed by atoms with van der Waals surface area (Å²) in [6, 6.07) is 2.47. The summed E-state index contributed by atoms with van der Waals surface area (Å²) in [6.07, 6.45) is 6.88. The Bertz CT molecular complexity index is 1250. The van der Waals surface area contributed by atoms with Crippen molar-refractivity contribution in [1.82, 2.24) is 20.5 Å². The van der Waals surface area contributed by atoms with Gasteiger partial charge in [-0.25, -0.2) is 18.2 Å². The third kappa shape index (κ3) is 6.79. The number of carbonyl (C=O) groups excluding carboxylic acids is 2. The van der Waals surface area contributed by atoms with Gasteiger partial charge >= 0.3 is 0 Å². The van der Waals surface area contributed by atoms with Crippen molar-refractivity contribution in [2.75, 3.05) is 11.9 Å².